The summed E-state index contributed by atoms with van der Waals surface area (Å²) in [6, 6.07) is 0. The number of hydrazine groups is 1. The lowest BCUT2D eigenvalue weighted by Crippen LogP contribution is -2.48. The lowest BCUT2D eigenvalue weighted by molar-refractivity contribution is 0.157. The predicted molar refractivity (Wildman–Crippen MR) is 37.5 cm³/mol. The van der Waals surface area contributed by atoms with E-state index in [9.17, 15) is 0 Å². The third-order valence-corrected chi connectivity index (χ3v) is 1.62. The summed E-state index contributed by atoms with van der Waals surface area (Å²) in [7, 11) is 4.01. The SMILES string of the molecule is C=C1N(C)CCNN1C. The molecule has 1 aliphatic rings. The molecule has 0 aromatic rings. The molecule has 0 saturated carbocycles. The van der Waals surface area contributed by atoms with Crippen molar-refractivity contribution in [3.8, 4) is 0 Å². The Morgan fingerprint density at radius 1 is 1.56 bits per heavy atom. The standard InChI is InChI=1S/C6H13N3/c1-6-8(2)5-4-7-9(6)3/h7H,1,4-5H2,2-3H3. The first kappa shape index (κ1) is 6.42. The van der Waals surface area contributed by atoms with Crippen molar-refractivity contribution in [1.82, 2.24) is 15.3 Å². The van der Waals surface area contributed by atoms with E-state index in [2.05, 4.69) is 16.9 Å². The first-order valence-corrected chi connectivity index (χ1v) is 3.09. The van der Waals surface area contributed by atoms with Gasteiger partial charge < -0.3 is 4.90 Å². The van der Waals surface area contributed by atoms with Gasteiger partial charge in [-0.2, -0.15) is 0 Å². The molecule has 52 valence electrons. The Hall–Kier alpha value is -0.700. The molecule has 0 aromatic carbocycles. The third kappa shape index (κ3) is 1.16. The lowest BCUT2D eigenvalue weighted by Gasteiger charge is -2.35. The van der Waals surface area contributed by atoms with Crippen LogP contribution in [0.4, 0.5) is 0 Å². The van der Waals surface area contributed by atoms with E-state index in [1.165, 1.54) is 0 Å². The topological polar surface area (TPSA) is 18.5 Å². The van der Waals surface area contributed by atoms with Crippen LogP contribution in [0.2, 0.25) is 0 Å². The van der Waals surface area contributed by atoms with Crippen molar-refractivity contribution < 1.29 is 0 Å². The van der Waals surface area contributed by atoms with Crippen LogP contribution in [0.15, 0.2) is 12.4 Å². The van der Waals surface area contributed by atoms with Gasteiger partial charge in [0.15, 0.2) is 0 Å². The monoisotopic (exact) mass is 127 g/mol. The normalized spacial score (nSPS) is 20.9. The third-order valence-electron chi connectivity index (χ3n) is 1.62. The highest BCUT2D eigenvalue weighted by Crippen LogP contribution is 2.03. The highest BCUT2D eigenvalue weighted by molar-refractivity contribution is 4.91. The van der Waals surface area contributed by atoms with Crippen LogP contribution in [0, 0.1) is 0 Å². The Morgan fingerprint density at radius 3 is 2.67 bits per heavy atom. The van der Waals surface area contributed by atoms with Crippen LogP contribution in [-0.4, -0.2) is 37.1 Å². The fourth-order valence-electron chi connectivity index (χ4n) is 0.862. The van der Waals surface area contributed by atoms with Gasteiger partial charge in [-0.25, -0.2) is 5.43 Å². The minimum absolute atomic E-state index is 1.01. The highest BCUT2D eigenvalue weighted by Gasteiger charge is 2.11. The summed E-state index contributed by atoms with van der Waals surface area (Å²) in [5.74, 6) is 1.03. The van der Waals surface area contributed by atoms with Gasteiger partial charge in [0.2, 0.25) is 0 Å². The van der Waals surface area contributed by atoms with Gasteiger partial charge in [0.1, 0.15) is 5.82 Å². The van der Waals surface area contributed by atoms with E-state index >= 15 is 0 Å². The minimum atomic E-state index is 1.01. The van der Waals surface area contributed by atoms with Gasteiger partial charge in [0.25, 0.3) is 0 Å². The molecule has 0 radical (unpaired) electrons. The molecule has 0 spiro atoms. The molecule has 3 heteroatoms. The summed E-state index contributed by atoms with van der Waals surface area (Å²) < 4.78 is 0. The van der Waals surface area contributed by atoms with Gasteiger partial charge in [-0.15, -0.1) is 0 Å². The van der Waals surface area contributed by atoms with Crippen LogP contribution >= 0.6 is 0 Å². The molecule has 0 unspecified atom stereocenters. The van der Waals surface area contributed by atoms with E-state index in [4.69, 9.17) is 0 Å². The maximum atomic E-state index is 3.87. The number of hydrogen-bond acceptors (Lipinski definition) is 3. The van der Waals surface area contributed by atoms with Crippen molar-refractivity contribution in [2.45, 2.75) is 0 Å². The Labute approximate surface area is 55.9 Å². The number of hydrogen-bond donors (Lipinski definition) is 1. The number of rotatable bonds is 0. The van der Waals surface area contributed by atoms with Crippen molar-refractivity contribution in [2.24, 2.45) is 0 Å². The summed E-state index contributed by atoms with van der Waals surface area (Å²) in [6.07, 6.45) is 0. The quantitative estimate of drug-likeness (QED) is 0.488. The molecular formula is C6H13N3. The van der Waals surface area contributed by atoms with E-state index in [0.29, 0.717) is 0 Å². The summed E-state index contributed by atoms with van der Waals surface area (Å²) in [5.41, 5.74) is 3.15. The Kier molecular flexibility index (Phi) is 1.62. The first-order valence-electron chi connectivity index (χ1n) is 3.09. The molecular weight excluding hydrogens is 114 g/mol. The lowest BCUT2D eigenvalue weighted by atomic mass is 10.5. The van der Waals surface area contributed by atoms with Crippen LogP contribution < -0.4 is 5.43 Å². The summed E-state index contributed by atoms with van der Waals surface area (Å²) in [6.45, 7) is 5.92. The van der Waals surface area contributed by atoms with Crippen LogP contribution in [-0.2, 0) is 0 Å². The first-order chi connectivity index (χ1) is 4.22. The molecule has 1 saturated heterocycles. The number of likely N-dealkylation sites (N-methyl/N-ethyl adjacent to an activating group) is 1. The van der Waals surface area contributed by atoms with Gasteiger partial charge in [0, 0.05) is 27.2 Å². The van der Waals surface area contributed by atoms with Crippen LogP contribution in [0.25, 0.3) is 0 Å². The van der Waals surface area contributed by atoms with Crippen LogP contribution in [0.5, 0.6) is 0 Å². The summed E-state index contributed by atoms with van der Waals surface area (Å²) in [5, 5.41) is 1.93. The largest absolute Gasteiger partial charge is 0.359 e. The molecule has 0 atom stereocenters. The molecule has 9 heavy (non-hydrogen) atoms. The van der Waals surface area contributed by atoms with E-state index < -0.39 is 0 Å². The van der Waals surface area contributed by atoms with Gasteiger partial charge >= 0.3 is 0 Å². The van der Waals surface area contributed by atoms with Crippen LogP contribution in [0.1, 0.15) is 0 Å². The fraction of sp³-hybridized carbons (Fsp3) is 0.667. The predicted octanol–water partition coefficient (Wildman–Crippen LogP) is -0.161. The Morgan fingerprint density at radius 2 is 2.22 bits per heavy atom. The zero-order valence-corrected chi connectivity index (χ0v) is 6.02. The summed E-state index contributed by atoms with van der Waals surface area (Å²) >= 11 is 0. The molecule has 1 rings (SSSR count). The van der Waals surface area contributed by atoms with Crippen molar-refractivity contribution in [3.05, 3.63) is 12.4 Å². The van der Waals surface area contributed by atoms with Gasteiger partial charge in [-0.1, -0.05) is 6.58 Å². The molecule has 0 aromatic heterocycles. The van der Waals surface area contributed by atoms with Crippen molar-refractivity contribution >= 4 is 0 Å². The minimum Gasteiger partial charge on any atom is -0.359 e. The smallest absolute Gasteiger partial charge is 0.110 e. The molecule has 3 nitrogen and oxygen atoms in total. The second-order valence-electron chi connectivity index (χ2n) is 2.30. The molecule has 1 N–H and O–H groups in total. The molecule has 1 aliphatic heterocycles. The van der Waals surface area contributed by atoms with Gasteiger partial charge in [-0.3, -0.25) is 5.01 Å². The zero-order valence-electron chi connectivity index (χ0n) is 6.02. The van der Waals surface area contributed by atoms with Crippen LogP contribution in [0.3, 0.4) is 0 Å². The molecule has 0 amide bonds. The second-order valence-corrected chi connectivity index (χ2v) is 2.30. The summed E-state index contributed by atoms with van der Waals surface area (Å²) in [4.78, 5) is 2.12. The van der Waals surface area contributed by atoms with Gasteiger partial charge in [0.05, 0.1) is 0 Å². The Bertz CT molecular complexity index is 109. The molecule has 1 fully saturated rings. The van der Waals surface area contributed by atoms with E-state index in [1.54, 1.807) is 0 Å². The van der Waals surface area contributed by atoms with E-state index in [0.717, 1.165) is 18.9 Å². The van der Waals surface area contributed by atoms with Crippen molar-refractivity contribution in [3.63, 3.8) is 0 Å². The highest BCUT2D eigenvalue weighted by atomic mass is 15.6. The van der Waals surface area contributed by atoms with Gasteiger partial charge in [-0.05, 0) is 0 Å². The van der Waals surface area contributed by atoms with E-state index in [-0.39, 0.29) is 0 Å². The molecule has 1 heterocycles. The van der Waals surface area contributed by atoms with Crippen molar-refractivity contribution in [2.75, 3.05) is 27.2 Å². The van der Waals surface area contributed by atoms with Crippen molar-refractivity contribution in [1.29, 1.82) is 0 Å². The average molecular weight is 127 g/mol. The second kappa shape index (κ2) is 2.27. The van der Waals surface area contributed by atoms with E-state index in [1.807, 2.05) is 19.1 Å². The number of nitrogens with one attached hydrogen (secondary N) is 1. The maximum absolute atomic E-state index is 3.87. The fourth-order valence-corrected chi connectivity index (χ4v) is 0.862. The number of nitrogens with zero attached hydrogens (tertiary/aromatic N) is 2. The zero-order chi connectivity index (χ0) is 6.85. The molecule has 0 bridgehead atoms. The Balaban J connectivity index is 2.52. The maximum Gasteiger partial charge on any atom is 0.110 e. The molecule has 0 aliphatic carbocycles. The average Bonchev–Trinajstić information content (AvgIpc) is 1.83.